The molecule has 0 radical (unpaired) electrons. The standard InChI is InChI=1S/C18H34O3/c1-15(9-5-4-6-14-19)10-7-11-16(2)12-8-13-17(3)18(20)21/h11,15,17,19H,4-10,12-14H2,1-3H3,(H,20,21)/p-1/b16-11+. The Hall–Kier alpha value is -0.830. The molecule has 0 aromatic rings. The zero-order valence-corrected chi connectivity index (χ0v) is 14.1. The van der Waals surface area contributed by atoms with Gasteiger partial charge in [0.05, 0.1) is 0 Å². The molecule has 0 saturated carbocycles. The summed E-state index contributed by atoms with van der Waals surface area (Å²) in [6.45, 7) is 6.46. The predicted molar refractivity (Wildman–Crippen MR) is 85.7 cm³/mol. The number of aliphatic hydroxyl groups is 1. The number of hydrogen-bond acceptors (Lipinski definition) is 3. The lowest BCUT2D eigenvalue weighted by Crippen LogP contribution is -2.29. The number of allylic oxidation sites excluding steroid dienone is 2. The molecule has 0 amide bonds. The van der Waals surface area contributed by atoms with E-state index in [0.29, 0.717) is 13.0 Å². The van der Waals surface area contributed by atoms with Gasteiger partial charge in [-0.2, -0.15) is 0 Å². The zero-order chi connectivity index (χ0) is 16.1. The Balaban J connectivity index is 3.64. The monoisotopic (exact) mass is 297 g/mol. The number of hydrogen-bond donors (Lipinski definition) is 1. The first-order chi connectivity index (χ1) is 9.97. The van der Waals surface area contributed by atoms with Gasteiger partial charge >= 0.3 is 0 Å². The van der Waals surface area contributed by atoms with Crippen LogP contribution in [0.5, 0.6) is 0 Å². The van der Waals surface area contributed by atoms with Crippen LogP contribution < -0.4 is 5.11 Å². The summed E-state index contributed by atoms with van der Waals surface area (Å²) in [6.07, 6.45) is 11.8. The summed E-state index contributed by atoms with van der Waals surface area (Å²) in [6, 6.07) is 0. The van der Waals surface area contributed by atoms with Gasteiger partial charge in [0, 0.05) is 12.6 Å². The molecule has 0 rings (SSSR count). The average Bonchev–Trinajstić information content (AvgIpc) is 2.43. The first-order valence-electron chi connectivity index (χ1n) is 8.44. The second kappa shape index (κ2) is 12.9. The summed E-state index contributed by atoms with van der Waals surface area (Å²) < 4.78 is 0. The van der Waals surface area contributed by atoms with Crippen LogP contribution in [0.1, 0.15) is 78.6 Å². The van der Waals surface area contributed by atoms with Gasteiger partial charge in [0.1, 0.15) is 0 Å². The number of unbranched alkanes of at least 4 members (excludes halogenated alkanes) is 2. The molecule has 124 valence electrons. The number of aliphatic carboxylic acids is 1. The van der Waals surface area contributed by atoms with Gasteiger partial charge in [-0.25, -0.2) is 0 Å². The van der Waals surface area contributed by atoms with Crippen LogP contribution >= 0.6 is 0 Å². The summed E-state index contributed by atoms with van der Waals surface area (Å²) in [4.78, 5) is 10.6. The Kier molecular flexibility index (Phi) is 12.4. The van der Waals surface area contributed by atoms with E-state index in [1.807, 2.05) is 0 Å². The van der Waals surface area contributed by atoms with Crippen molar-refractivity contribution in [1.29, 1.82) is 0 Å². The lowest BCUT2D eigenvalue weighted by Gasteiger charge is -2.12. The highest BCUT2D eigenvalue weighted by Gasteiger charge is 2.03. The minimum atomic E-state index is -0.938. The SMILES string of the molecule is C/C(=C\CCC(C)CCCCCO)CCCC(C)C(=O)[O-]. The van der Waals surface area contributed by atoms with E-state index in [4.69, 9.17) is 5.11 Å². The van der Waals surface area contributed by atoms with E-state index in [9.17, 15) is 9.90 Å². The third-order valence-corrected chi connectivity index (χ3v) is 4.12. The van der Waals surface area contributed by atoms with Crippen LogP contribution in [0.15, 0.2) is 11.6 Å². The van der Waals surface area contributed by atoms with Crippen molar-refractivity contribution in [2.45, 2.75) is 78.6 Å². The number of carbonyl (C=O) groups excluding carboxylic acids is 1. The van der Waals surface area contributed by atoms with Gasteiger partial charge in [-0.1, -0.05) is 44.8 Å². The molecule has 2 atom stereocenters. The smallest absolute Gasteiger partial charge is 0.0442 e. The Labute approximate surface area is 130 Å². The van der Waals surface area contributed by atoms with Crippen molar-refractivity contribution in [3.05, 3.63) is 11.6 Å². The lowest BCUT2D eigenvalue weighted by atomic mass is 9.96. The van der Waals surface area contributed by atoms with E-state index in [1.165, 1.54) is 24.8 Å². The maximum absolute atomic E-state index is 10.6. The second-order valence-electron chi connectivity index (χ2n) is 6.42. The third kappa shape index (κ3) is 12.6. The summed E-state index contributed by atoms with van der Waals surface area (Å²) in [5.74, 6) is -0.533. The van der Waals surface area contributed by atoms with Crippen molar-refractivity contribution in [2.75, 3.05) is 6.61 Å². The number of carboxylic acid groups (broad SMARTS) is 1. The van der Waals surface area contributed by atoms with E-state index in [2.05, 4.69) is 19.9 Å². The van der Waals surface area contributed by atoms with Crippen LogP contribution in [0.2, 0.25) is 0 Å². The van der Waals surface area contributed by atoms with Gasteiger partial charge in [-0.15, -0.1) is 0 Å². The number of carboxylic acids is 1. The Morgan fingerprint density at radius 2 is 1.81 bits per heavy atom. The van der Waals surface area contributed by atoms with Crippen molar-refractivity contribution in [2.24, 2.45) is 11.8 Å². The van der Waals surface area contributed by atoms with Crippen LogP contribution in [0.25, 0.3) is 0 Å². The quantitative estimate of drug-likeness (QED) is 0.418. The normalized spacial score (nSPS) is 15.0. The first-order valence-corrected chi connectivity index (χ1v) is 8.44. The Morgan fingerprint density at radius 3 is 2.43 bits per heavy atom. The van der Waals surface area contributed by atoms with Gasteiger partial charge in [0.25, 0.3) is 0 Å². The van der Waals surface area contributed by atoms with Crippen molar-refractivity contribution in [3.8, 4) is 0 Å². The maximum Gasteiger partial charge on any atom is 0.0442 e. The fourth-order valence-corrected chi connectivity index (χ4v) is 2.45. The summed E-state index contributed by atoms with van der Waals surface area (Å²) in [5.41, 5.74) is 1.37. The topological polar surface area (TPSA) is 60.4 Å². The van der Waals surface area contributed by atoms with E-state index >= 15 is 0 Å². The number of aliphatic hydroxyl groups excluding tert-OH is 1. The molecule has 21 heavy (non-hydrogen) atoms. The van der Waals surface area contributed by atoms with Crippen LogP contribution in [-0.4, -0.2) is 17.7 Å². The minimum Gasteiger partial charge on any atom is -0.550 e. The molecule has 0 aromatic carbocycles. The maximum atomic E-state index is 10.6. The number of carbonyl (C=O) groups is 1. The van der Waals surface area contributed by atoms with E-state index in [1.54, 1.807) is 6.92 Å². The van der Waals surface area contributed by atoms with Gasteiger partial charge < -0.3 is 15.0 Å². The molecule has 3 nitrogen and oxygen atoms in total. The van der Waals surface area contributed by atoms with Gasteiger partial charge in [0.2, 0.25) is 0 Å². The lowest BCUT2D eigenvalue weighted by molar-refractivity contribution is -0.311. The molecule has 0 aliphatic rings. The van der Waals surface area contributed by atoms with E-state index in [0.717, 1.165) is 38.0 Å². The van der Waals surface area contributed by atoms with E-state index < -0.39 is 5.97 Å². The molecular weight excluding hydrogens is 264 g/mol. The Bertz CT molecular complexity index is 297. The summed E-state index contributed by atoms with van der Waals surface area (Å²) in [7, 11) is 0. The van der Waals surface area contributed by atoms with Gasteiger partial charge in [-0.3, -0.25) is 0 Å². The van der Waals surface area contributed by atoms with Crippen LogP contribution in [-0.2, 0) is 4.79 Å². The largest absolute Gasteiger partial charge is 0.550 e. The van der Waals surface area contributed by atoms with Crippen molar-refractivity contribution < 1.29 is 15.0 Å². The van der Waals surface area contributed by atoms with Crippen LogP contribution in [0.3, 0.4) is 0 Å². The van der Waals surface area contributed by atoms with Crippen molar-refractivity contribution in [3.63, 3.8) is 0 Å². The summed E-state index contributed by atoms with van der Waals surface area (Å²) in [5, 5.41) is 19.3. The third-order valence-electron chi connectivity index (χ3n) is 4.12. The van der Waals surface area contributed by atoms with Crippen LogP contribution in [0.4, 0.5) is 0 Å². The highest BCUT2D eigenvalue weighted by molar-refractivity contribution is 5.66. The summed E-state index contributed by atoms with van der Waals surface area (Å²) >= 11 is 0. The van der Waals surface area contributed by atoms with Crippen LogP contribution in [0, 0.1) is 11.8 Å². The van der Waals surface area contributed by atoms with Gasteiger partial charge in [0.15, 0.2) is 0 Å². The van der Waals surface area contributed by atoms with Crippen molar-refractivity contribution in [1.82, 2.24) is 0 Å². The molecule has 0 heterocycles. The molecular formula is C18H33O3-. The molecule has 1 N–H and O–H groups in total. The first kappa shape index (κ1) is 20.2. The molecule has 2 unspecified atom stereocenters. The molecule has 0 saturated heterocycles. The molecule has 0 aliphatic heterocycles. The average molecular weight is 297 g/mol. The van der Waals surface area contributed by atoms with Gasteiger partial charge in [-0.05, 0) is 57.3 Å². The number of rotatable bonds is 13. The van der Waals surface area contributed by atoms with E-state index in [-0.39, 0.29) is 5.92 Å². The fourth-order valence-electron chi connectivity index (χ4n) is 2.45. The second-order valence-corrected chi connectivity index (χ2v) is 6.42. The molecule has 0 fully saturated rings. The zero-order valence-electron chi connectivity index (χ0n) is 14.1. The highest BCUT2D eigenvalue weighted by Crippen LogP contribution is 2.17. The molecule has 0 spiro atoms. The fraction of sp³-hybridized carbons (Fsp3) is 0.833. The van der Waals surface area contributed by atoms with Crippen molar-refractivity contribution >= 4 is 5.97 Å². The predicted octanol–water partition coefficient (Wildman–Crippen LogP) is 3.46. The molecule has 3 heteroatoms. The molecule has 0 aromatic heterocycles. The molecule has 0 bridgehead atoms. The highest BCUT2D eigenvalue weighted by atomic mass is 16.4. The molecule has 0 aliphatic carbocycles. The minimum absolute atomic E-state index is 0.312. The Morgan fingerprint density at radius 1 is 1.10 bits per heavy atom.